The van der Waals surface area contributed by atoms with E-state index in [1.807, 2.05) is 54.6 Å². The summed E-state index contributed by atoms with van der Waals surface area (Å²) in [6.45, 7) is 0.511. The van der Waals surface area contributed by atoms with E-state index in [1.165, 1.54) is 9.21 Å². The van der Waals surface area contributed by atoms with Gasteiger partial charge in [-0.1, -0.05) is 54.6 Å². The van der Waals surface area contributed by atoms with E-state index in [1.54, 1.807) is 12.1 Å². The predicted octanol–water partition coefficient (Wildman–Crippen LogP) is 3.11. The molecule has 0 aromatic heterocycles. The van der Waals surface area contributed by atoms with Gasteiger partial charge in [-0.3, -0.25) is 4.79 Å². The van der Waals surface area contributed by atoms with Crippen LogP contribution in [0.15, 0.2) is 71.6 Å². The van der Waals surface area contributed by atoms with Crippen molar-refractivity contribution in [2.75, 3.05) is 24.5 Å². The summed E-state index contributed by atoms with van der Waals surface area (Å²) in [7, 11) is -3.70. The molecule has 2 aliphatic heterocycles. The zero-order valence-electron chi connectivity index (χ0n) is 16.9. The molecule has 0 bridgehead atoms. The van der Waals surface area contributed by atoms with Gasteiger partial charge in [-0.05, 0) is 35.9 Å². The summed E-state index contributed by atoms with van der Waals surface area (Å²) in [6, 6.07) is 20.3. The SMILES string of the molecule is O=CCN1C(=O)C2(CCN(S(=O)(=O)c3cccc4ccccc34)CC2)c2ccccc21. The number of sulfonamides is 1. The first kappa shape index (κ1) is 19.9. The molecule has 0 aliphatic carbocycles. The van der Waals surface area contributed by atoms with E-state index >= 15 is 0 Å². The normalized spacial score (nSPS) is 18.5. The van der Waals surface area contributed by atoms with Crippen molar-refractivity contribution in [3.05, 3.63) is 72.3 Å². The lowest BCUT2D eigenvalue weighted by Gasteiger charge is -2.37. The summed E-state index contributed by atoms with van der Waals surface area (Å²) in [4.78, 5) is 26.3. The van der Waals surface area contributed by atoms with Crippen LogP contribution in [0.4, 0.5) is 5.69 Å². The number of piperidine rings is 1. The number of rotatable bonds is 4. The first-order valence-electron chi connectivity index (χ1n) is 10.3. The molecule has 31 heavy (non-hydrogen) atoms. The molecule has 0 saturated carbocycles. The summed E-state index contributed by atoms with van der Waals surface area (Å²) in [6.07, 6.45) is 1.51. The fraction of sp³-hybridized carbons (Fsp3) is 0.250. The maximum atomic E-state index is 13.5. The van der Waals surface area contributed by atoms with Gasteiger partial charge in [-0.25, -0.2) is 8.42 Å². The number of hydrogen-bond acceptors (Lipinski definition) is 4. The number of anilines is 1. The molecule has 2 heterocycles. The lowest BCUT2D eigenvalue weighted by Crippen LogP contribution is -2.50. The summed E-state index contributed by atoms with van der Waals surface area (Å²) in [5, 5.41) is 1.58. The van der Waals surface area contributed by atoms with Crippen molar-refractivity contribution < 1.29 is 18.0 Å². The number of aldehydes is 1. The predicted molar refractivity (Wildman–Crippen MR) is 118 cm³/mol. The molecule has 7 heteroatoms. The fourth-order valence-electron chi connectivity index (χ4n) is 5.00. The smallest absolute Gasteiger partial charge is 0.243 e. The summed E-state index contributed by atoms with van der Waals surface area (Å²) in [5.74, 6) is -0.108. The average molecular weight is 435 g/mol. The molecular weight excluding hydrogens is 412 g/mol. The van der Waals surface area contributed by atoms with Gasteiger partial charge in [0, 0.05) is 24.2 Å². The second-order valence-electron chi connectivity index (χ2n) is 8.06. The third-order valence-corrected chi connectivity index (χ3v) is 8.52. The van der Waals surface area contributed by atoms with Crippen molar-refractivity contribution in [1.29, 1.82) is 0 Å². The molecule has 6 nitrogen and oxygen atoms in total. The Labute approximate surface area is 181 Å². The van der Waals surface area contributed by atoms with Crippen molar-refractivity contribution in [3.63, 3.8) is 0 Å². The van der Waals surface area contributed by atoms with Crippen LogP contribution in [-0.4, -0.2) is 44.6 Å². The molecule has 1 saturated heterocycles. The minimum absolute atomic E-state index is 0.00954. The number of nitrogens with zero attached hydrogens (tertiary/aromatic N) is 2. The van der Waals surface area contributed by atoms with Gasteiger partial charge in [0.05, 0.1) is 16.9 Å². The van der Waals surface area contributed by atoms with E-state index in [0.29, 0.717) is 23.1 Å². The lowest BCUT2D eigenvalue weighted by molar-refractivity contribution is -0.125. The van der Waals surface area contributed by atoms with Crippen molar-refractivity contribution in [2.45, 2.75) is 23.2 Å². The molecule has 2 aliphatic rings. The van der Waals surface area contributed by atoms with Crippen LogP contribution in [0.2, 0.25) is 0 Å². The third-order valence-electron chi connectivity index (χ3n) is 6.57. The summed E-state index contributed by atoms with van der Waals surface area (Å²) in [5.41, 5.74) is 0.874. The maximum absolute atomic E-state index is 13.5. The quantitative estimate of drug-likeness (QED) is 0.592. The van der Waals surface area contributed by atoms with Crippen LogP contribution in [0.1, 0.15) is 18.4 Å². The number of carbonyl (C=O) groups excluding carboxylic acids is 2. The highest BCUT2D eigenvalue weighted by Gasteiger charge is 2.52. The highest BCUT2D eigenvalue weighted by atomic mass is 32.2. The van der Waals surface area contributed by atoms with Gasteiger partial charge in [0.2, 0.25) is 15.9 Å². The lowest BCUT2D eigenvalue weighted by atomic mass is 9.74. The van der Waals surface area contributed by atoms with Gasteiger partial charge in [0.25, 0.3) is 0 Å². The Kier molecular flexibility index (Phi) is 4.68. The van der Waals surface area contributed by atoms with Crippen LogP contribution in [-0.2, 0) is 25.0 Å². The Balaban J connectivity index is 1.48. The highest BCUT2D eigenvalue weighted by Crippen LogP contribution is 2.48. The van der Waals surface area contributed by atoms with Crippen LogP contribution >= 0.6 is 0 Å². The van der Waals surface area contributed by atoms with Crippen molar-refractivity contribution in [1.82, 2.24) is 4.31 Å². The largest absolute Gasteiger partial charge is 0.304 e. The van der Waals surface area contributed by atoms with Gasteiger partial charge in [0.15, 0.2) is 0 Å². The molecule has 5 rings (SSSR count). The van der Waals surface area contributed by atoms with Crippen LogP contribution in [0.25, 0.3) is 10.8 Å². The van der Waals surface area contributed by atoms with Gasteiger partial charge in [-0.15, -0.1) is 0 Å². The van der Waals surface area contributed by atoms with Gasteiger partial charge < -0.3 is 9.69 Å². The third kappa shape index (κ3) is 2.91. The van der Waals surface area contributed by atoms with Crippen LogP contribution in [0.3, 0.4) is 0 Å². The molecule has 0 unspecified atom stereocenters. The van der Waals surface area contributed by atoms with Crippen LogP contribution in [0.5, 0.6) is 0 Å². The molecule has 3 aromatic carbocycles. The molecule has 158 valence electrons. The summed E-state index contributed by atoms with van der Waals surface area (Å²) >= 11 is 0. The monoisotopic (exact) mass is 434 g/mol. The van der Waals surface area contributed by atoms with E-state index in [-0.39, 0.29) is 25.5 Å². The number of amides is 1. The fourth-order valence-corrected chi connectivity index (χ4v) is 6.66. The topological polar surface area (TPSA) is 74.8 Å². The Morgan fingerprint density at radius 2 is 1.58 bits per heavy atom. The van der Waals surface area contributed by atoms with Gasteiger partial charge in [0.1, 0.15) is 6.29 Å². The molecule has 1 spiro atoms. The molecule has 1 amide bonds. The second kappa shape index (κ2) is 7.28. The van der Waals surface area contributed by atoms with E-state index in [2.05, 4.69) is 0 Å². The zero-order chi connectivity index (χ0) is 21.6. The number of benzene rings is 3. The Morgan fingerprint density at radius 3 is 2.35 bits per heavy atom. The molecular formula is C24H22N2O4S. The Bertz CT molecular complexity index is 1290. The van der Waals surface area contributed by atoms with Crippen LogP contribution in [0, 0.1) is 0 Å². The minimum atomic E-state index is -3.70. The van der Waals surface area contributed by atoms with Crippen molar-refractivity contribution in [3.8, 4) is 0 Å². The van der Waals surface area contributed by atoms with E-state index in [9.17, 15) is 18.0 Å². The summed E-state index contributed by atoms with van der Waals surface area (Å²) < 4.78 is 28.4. The first-order valence-corrected chi connectivity index (χ1v) is 11.8. The molecule has 3 aromatic rings. The highest BCUT2D eigenvalue weighted by molar-refractivity contribution is 7.89. The van der Waals surface area contributed by atoms with E-state index in [0.717, 1.165) is 22.9 Å². The molecule has 0 radical (unpaired) electrons. The first-order chi connectivity index (χ1) is 15.0. The Morgan fingerprint density at radius 1 is 0.903 bits per heavy atom. The number of para-hydroxylation sites is 1. The van der Waals surface area contributed by atoms with E-state index < -0.39 is 15.4 Å². The van der Waals surface area contributed by atoms with Crippen LogP contribution < -0.4 is 4.90 Å². The van der Waals surface area contributed by atoms with E-state index in [4.69, 9.17) is 0 Å². The Hall–Kier alpha value is -3.03. The van der Waals surface area contributed by atoms with Crippen molar-refractivity contribution >= 4 is 38.7 Å². The van der Waals surface area contributed by atoms with Crippen molar-refractivity contribution in [2.24, 2.45) is 0 Å². The number of carbonyl (C=O) groups is 2. The van der Waals surface area contributed by atoms with Gasteiger partial charge in [-0.2, -0.15) is 4.31 Å². The van der Waals surface area contributed by atoms with Gasteiger partial charge >= 0.3 is 0 Å². The molecule has 0 N–H and O–H groups in total. The number of fused-ring (bicyclic) bond motifs is 3. The zero-order valence-corrected chi connectivity index (χ0v) is 17.7. The standard InChI is InChI=1S/C24H22N2O4S/c27-17-16-26-21-10-4-3-9-20(21)24(23(26)28)12-14-25(15-13-24)31(29,30)22-11-5-7-18-6-1-2-8-19(18)22/h1-11,17H,12-16H2. The molecule has 0 atom stereocenters. The average Bonchev–Trinajstić information content (AvgIpc) is 3.02. The molecule has 1 fully saturated rings. The number of hydrogen-bond donors (Lipinski definition) is 0. The second-order valence-corrected chi connectivity index (χ2v) is 9.97. The maximum Gasteiger partial charge on any atom is 0.243 e. The minimum Gasteiger partial charge on any atom is -0.304 e.